The highest BCUT2D eigenvalue weighted by atomic mass is 16.2. The summed E-state index contributed by atoms with van der Waals surface area (Å²) in [5, 5.41) is 3.21. The highest BCUT2D eigenvalue weighted by molar-refractivity contribution is 6.22. The molecule has 108 valence electrons. The maximum atomic E-state index is 12.1. The molecule has 0 saturated heterocycles. The number of carbonyl (C=O) groups is 2. The first-order chi connectivity index (χ1) is 8.73. The van der Waals surface area contributed by atoms with Gasteiger partial charge in [0.05, 0.1) is 5.57 Å². The SMILES string of the molecule is CC(NCCCN(C)C)=C1C(=O)CC(C)(C)CC1=O. The number of rotatable bonds is 5. The summed E-state index contributed by atoms with van der Waals surface area (Å²) < 4.78 is 0. The molecule has 0 spiro atoms. The van der Waals surface area contributed by atoms with Crippen molar-refractivity contribution < 1.29 is 9.59 Å². The second-order valence-electron chi connectivity index (χ2n) is 6.45. The second kappa shape index (κ2) is 6.33. The molecule has 0 aromatic heterocycles. The molecule has 1 N–H and O–H groups in total. The van der Waals surface area contributed by atoms with Gasteiger partial charge in [-0.2, -0.15) is 0 Å². The fourth-order valence-electron chi connectivity index (χ4n) is 2.44. The van der Waals surface area contributed by atoms with Gasteiger partial charge in [-0.05, 0) is 39.4 Å². The molecule has 0 aliphatic heterocycles. The van der Waals surface area contributed by atoms with Crippen molar-refractivity contribution in [2.75, 3.05) is 27.2 Å². The Labute approximate surface area is 116 Å². The number of ketones is 2. The van der Waals surface area contributed by atoms with Gasteiger partial charge >= 0.3 is 0 Å². The molecule has 0 radical (unpaired) electrons. The monoisotopic (exact) mass is 266 g/mol. The van der Waals surface area contributed by atoms with Crippen molar-refractivity contribution in [2.24, 2.45) is 5.41 Å². The van der Waals surface area contributed by atoms with Crippen LogP contribution in [-0.2, 0) is 9.59 Å². The number of nitrogens with zero attached hydrogens (tertiary/aromatic N) is 1. The molecule has 0 atom stereocenters. The Morgan fingerprint density at radius 2 is 1.74 bits per heavy atom. The molecule has 4 nitrogen and oxygen atoms in total. The van der Waals surface area contributed by atoms with E-state index < -0.39 is 0 Å². The summed E-state index contributed by atoms with van der Waals surface area (Å²) >= 11 is 0. The van der Waals surface area contributed by atoms with Gasteiger partial charge in [-0.15, -0.1) is 0 Å². The van der Waals surface area contributed by atoms with Crippen molar-refractivity contribution in [1.82, 2.24) is 10.2 Å². The maximum absolute atomic E-state index is 12.1. The van der Waals surface area contributed by atoms with Crippen LogP contribution in [0.15, 0.2) is 11.3 Å². The fourth-order valence-corrected chi connectivity index (χ4v) is 2.44. The van der Waals surface area contributed by atoms with E-state index in [1.807, 2.05) is 34.9 Å². The Balaban J connectivity index is 2.63. The van der Waals surface area contributed by atoms with Crippen LogP contribution in [0.25, 0.3) is 0 Å². The molecule has 0 unspecified atom stereocenters. The van der Waals surface area contributed by atoms with E-state index in [0.29, 0.717) is 18.4 Å². The summed E-state index contributed by atoms with van der Waals surface area (Å²) in [5.74, 6) is -0.0299. The molecule has 0 bridgehead atoms. The quantitative estimate of drug-likeness (QED) is 0.468. The fraction of sp³-hybridized carbons (Fsp3) is 0.733. The van der Waals surface area contributed by atoms with E-state index in [9.17, 15) is 9.59 Å². The van der Waals surface area contributed by atoms with Crippen LogP contribution < -0.4 is 5.32 Å². The summed E-state index contributed by atoms with van der Waals surface area (Å²) in [7, 11) is 4.06. The number of hydrogen-bond acceptors (Lipinski definition) is 4. The summed E-state index contributed by atoms with van der Waals surface area (Å²) in [4.78, 5) is 26.3. The number of nitrogens with one attached hydrogen (secondary N) is 1. The largest absolute Gasteiger partial charge is 0.388 e. The lowest BCUT2D eigenvalue weighted by atomic mass is 9.73. The van der Waals surface area contributed by atoms with Crippen LogP contribution >= 0.6 is 0 Å². The summed E-state index contributed by atoms with van der Waals surface area (Å²) in [6.07, 6.45) is 1.92. The van der Waals surface area contributed by atoms with Gasteiger partial charge in [0.15, 0.2) is 11.6 Å². The molecule has 4 heteroatoms. The molecule has 1 aliphatic carbocycles. The van der Waals surface area contributed by atoms with Gasteiger partial charge in [-0.25, -0.2) is 0 Å². The van der Waals surface area contributed by atoms with Crippen LogP contribution in [0.2, 0.25) is 0 Å². The molecule has 0 amide bonds. The van der Waals surface area contributed by atoms with Crippen LogP contribution in [0, 0.1) is 5.41 Å². The standard InChI is InChI=1S/C15H26N2O2/c1-11(16-7-6-8-17(4)5)14-12(18)9-15(2,3)10-13(14)19/h16H,6-10H2,1-5H3. The topological polar surface area (TPSA) is 49.4 Å². The predicted octanol–water partition coefficient (Wildman–Crippen LogP) is 1.76. The minimum atomic E-state index is -0.192. The van der Waals surface area contributed by atoms with E-state index in [1.165, 1.54) is 0 Å². The molecule has 1 saturated carbocycles. The van der Waals surface area contributed by atoms with E-state index in [-0.39, 0.29) is 17.0 Å². The summed E-state index contributed by atoms with van der Waals surface area (Å²) in [6.45, 7) is 7.56. The Morgan fingerprint density at radius 3 is 2.21 bits per heavy atom. The second-order valence-corrected chi connectivity index (χ2v) is 6.45. The highest BCUT2D eigenvalue weighted by Gasteiger charge is 2.36. The zero-order valence-corrected chi connectivity index (χ0v) is 12.8. The maximum Gasteiger partial charge on any atom is 0.168 e. The Hall–Kier alpha value is -1.16. The minimum absolute atomic E-state index is 0.0149. The van der Waals surface area contributed by atoms with Crippen LogP contribution in [-0.4, -0.2) is 43.7 Å². The van der Waals surface area contributed by atoms with Crippen molar-refractivity contribution in [2.45, 2.75) is 40.0 Å². The number of allylic oxidation sites excluding steroid dienone is 2. The van der Waals surface area contributed by atoms with E-state index in [0.717, 1.165) is 25.2 Å². The number of Topliss-reactive ketones (excluding diaryl/α,β-unsaturated/α-hetero) is 2. The normalized spacial score (nSPS) is 18.9. The average Bonchev–Trinajstić information content (AvgIpc) is 2.21. The molecule has 1 fully saturated rings. The van der Waals surface area contributed by atoms with Crippen LogP contribution in [0.3, 0.4) is 0 Å². The van der Waals surface area contributed by atoms with Gasteiger partial charge in [-0.3, -0.25) is 9.59 Å². The van der Waals surface area contributed by atoms with E-state index in [4.69, 9.17) is 0 Å². The molecule has 0 aromatic carbocycles. The van der Waals surface area contributed by atoms with E-state index >= 15 is 0 Å². The predicted molar refractivity (Wildman–Crippen MR) is 76.9 cm³/mol. The molecular weight excluding hydrogens is 240 g/mol. The first-order valence-corrected chi connectivity index (χ1v) is 6.89. The van der Waals surface area contributed by atoms with Gasteiger partial charge in [0, 0.05) is 25.1 Å². The molecule has 19 heavy (non-hydrogen) atoms. The van der Waals surface area contributed by atoms with Gasteiger partial charge in [0.25, 0.3) is 0 Å². The third-order valence-corrected chi connectivity index (χ3v) is 3.38. The molecular formula is C15H26N2O2. The van der Waals surface area contributed by atoms with Gasteiger partial charge in [0.2, 0.25) is 0 Å². The third kappa shape index (κ3) is 4.78. The van der Waals surface area contributed by atoms with Crippen molar-refractivity contribution in [3.63, 3.8) is 0 Å². The lowest BCUT2D eigenvalue weighted by Crippen LogP contribution is -2.34. The Bertz CT molecular complexity index is 373. The molecule has 0 heterocycles. The van der Waals surface area contributed by atoms with E-state index in [1.54, 1.807) is 0 Å². The van der Waals surface area contributed by atoms with Crippen molar-refractivity contribution in [3.8, 4) is 0 Å². The minimum Gasteiger partial charge on any atom is -0.388 e. The molecule has 0 aromatic rings. The Morgan fingerprint density at radius 1 is 1.21 bits per heavy atom. The van der Waals surface area contributed by atoms with Crippen LogP contribution in [0.1, 0.15) is 40.0 Å². The lowest BCUT2D eigenvalue weighted by Gasteiger charge is -2.29. The summed E-state index contributed by atoms with van der Waals surface area (Å²) in [5.41, 5.74) is 0.941. The lowest BCUT2D eigenvalue weighted by molar-refractivity contribution is -0.127. The van der Waals surface area contributed by atoms with Crippen molar-refractivity contribution in [3.05, 3.63) is 11.3 Å². The average molecular weight is 266 g/mol. The van der Waals surface area contributed by atoms with Gasteiger partial charge in [-0.1, -0.05) is 13.8 Å². The molecule has 1 rings (SSSR count). The molecule has 1 aliphatic rings. The van der Waals surface area contributed by atoms with Gasteiger partial charge < -0.3 is 10.2 Å². The zero-order chi connectivity index (χ0) is 14.6. The Kier molecular flexibility index (Phi) is 5.29. The number of carbonyl (C=O) groups excluding carboxylic acids is 2. The van der Waals surface area contributed by atoms with Gasteiger partial charge in [0.1, 0.15) is 0 Å². The number of hydrogen-bond donors (Lipinski definition) is 1. The smallest absolute Gasteiger partial charge is 0.168 e. The van der Waals surface area contributed by atoms with Crippen LogP contribution in [0.4, 0.5) is 0 Å². The van der Waals surface area contributed by atoms with E-state index in [2.05, 4.69) is 10.2 Å². The first kappa shape index (κ1) is 15.9. The summed E-state index contributed by atoms with van der Waals surface area (Å²) in [6, 6.07) is 0. The third-order valence-electron chi connectivity index (χ3n) is 3.38. The highest BCUT2D eigenvalue weighted by Crippen LogP contribution is 2.34. The first-order valence-electron chi connectivity index (χ1n) is 6.89. The zero-order valence-electron chi connectivity index (χ0n) is 12.8. The van der Waals surface area contributed by atoms with Crippen molar-refractivity contribution in [1.29, 1.82) is 0 Å². The van der Waals surface area contributed by atoms with Crippen LogP contribution in [0.5, 0.6) is 0 Å². The van der Waals surface area contributed by atoms with Crippen molar-refractivity contribution >= 4 is 11.6 Å².